The Hall–Kier alpha value is -3.27. The van der Waals surface area contributed by atoms with E-state index in [4.69, 9.17) is 27.9 Å². The van der Waals surface area contributed by atoms with Gasteiger partial charge in [-0.05, 0) is 54.7 Å². The first-order chi connectivity index (χ1) is 21.6. The van der Waals surface area contributed by atoms with E-state index >= 15 is 0 Å². The van der Waals surface area contributed by atoms with E-state index in [0.717, 1.165) is 49.5 Å². The van der Waals surface area contributed by atoms with Gasteiger partial charge < -0.3 is 15.0 Å². The number of carbonyl (C=O) groups excluding carboxylic acids is 2. The number of hydrogen-bond acceptors (Lipinski definition) is 5. The molecule has 0 unspecified atom stereocenters. The van der Waals surface area contributed by atoms with Crippen LogP contribution in [0.25, 0.3) is 0 Å². The molecule has 3 aromatic rings. The van der Waals surface area contributed by atoms with Crippen LogP contribution < -0.4 is 14.4 Å². The largest absolute Gasteiger partial charge is 0.495 e. The molecule has 0 radical (unpaired) electrons. The highest BCUT2D eigenvalue weighted by Crippen LogP contribution is 2.30. The van der Waals surface area contributed by atoms with Crippen LogP contribution in [-0.2, 0) is 32.6 Å². The van der Waals surface area contributed by atoms with Gasteiger partial charge in [0.2, 0.25) is 21.8 Å². The summed E-state index contributed by atoms with van der Waals surface area (Å²) in [7, 11) is -2.19. The highest BCUT2D eigenvalue weighted by atomic mass is 35.5. The molecular formula is C34H41Cl2N3O5S. The van der Waals surface area contributed by atoms with Crippen molar-refractivity contribution in [2.45, 2.75) is 70.0 Å². The summed E-state index contributed by atoms with van der Waals surface area (Å²) < 4.78 is 32.2. The zero-order valence-corrected chi connectivity index (χ0v) is 28.1. The Morgan fingerprint density at radius 2 is 1.62 bits per heavy atom. The third-order valence-corrected chi connectivity index (χ3v) is 9.98. The minimum absolute atomic E-state index is 0.0183. The van der Waals surface area contributed by atoms with Crippen LogP contribution in [0.15, 0.2) is 72.8 Å². The molecule has 242 valence electrons. The normalized spacial score (nSPS) is 14.4. The Balaban J connectivity index is 1.62. The second-order valence-electron chi connectivity index (χ2n) is 11.4. The summed E-state index contributed by atoms with van der Waals surface area (Å²) in [4.78, 5) is 29.7. The fourth-order valence-corrected chi connectivity index (χ4v) is 7.04. The van der Waals surface area contributed by atoms with E-state index in [1.807, 2.05) is 30.3 Å². The highest BCUT2D eigenvalue weighted by Gasteiger charge is 2.32. The Bertz CT molecular complexity index is 1550. The molecule has 1 atom stereocenters. The van der Waals surface area contributed by atoms with Gasteiger partial charge in [0.1, 0.15) is 11.8 Å². The Morgan fingerprint density at radius 1 is 0.933 bits per heavy atom. The highest BCUT2D eigenvalue weighted by molar-refractivity contribution is 7.92. The van der Waals surface area contributed by atoms with Crippen molar-refractivity contribution < 1.29 is 22.7 Å². The fraction of sp³-hybridized carbons (Fsp3) is 0.412. The minimum Gasteiger partial charge on any atom is -0.495 e. The van der Waals surface area contributed by atoms with Crippen molar-refractivity contribution in [2.24, 2.45) is 0 Å². The molecule has 1 saturated carbocycles. The van der Waals surface area contributed by atoms with Crippen molar-refractivity contribution in [3.63, 3.8) is 0 Å². The third kappa shape index (κ3) is 9.86. The van der Waals surface area contributed by atoms with Gasteiger partial charge in [0.05, 0.1) is 29.1 Å². The first-order valence-electron chi connectivity index (χ1n) is 15.2. The number of benzene rings is 3. The van der Waals surface area contributed by atoms with Gasteiger partial charge in [-0.2, -0.15) is 0 Å². The quantitative estimate of drug-likeness (QED) is 0.207. The molecule has 45 heavy (non-hydrogen) atoms. The predicted molar refractivity (Wildman–Crippen MR) is 180 cm³/mol. The summed E-state index contributed by atoms with van der Waals surface area (Å²) >= 11 is 12.5. The Kier molecular flexibility index (Phi) is 12.6. The van der Waals surface area contributed by atoms with Crippen molar-refractivity contribution >= 4 is 50.7 Å². The van der Waals surface area contributed by atoms with Crippen molar-refractivity contribution in [1.82, 2.24) is 10.2 Å². The first-order valence-corrected chi connectivity index (χ1v) is 17.9. The molecule has 0 spiro atoms. The van der Waals surface area contributed by atoms with Gasteiger partial charge in [-0.15, -0.1) is 0 Å². The molecule has 4 rings (SSSR count). The SMILES string of the molecule is COc1ccccc1N(CCCC(=O)N(Cc1ccc(Cl)c(Cl)c1)[C@@H](Cc1ccccc1)C(=O)NC1CCCCC1)S(C)(=O)=O. The van der Waals surface area contributed by atoms with Gasteiger partial charge in [-0.25, -0.2) is 8.42 Å². The fourth-order valence-electron chi connectivity index (χ4n) is 5.75. The van der Waals surface area contributed by atoms with E-state index in [-0.39, 0.29) is 43.8 Å². The molecule has 0 heterocycles. The Morgan fingerprint density at radius 3 is 2.29 bits per heavy atom. The van der Waals surface area contributed by atoms with E-state index in [1.54, 1.807) is 47.4 Å². The Labute approximate surface area is 276 Å². The molecule has 0 bridgehead atoms. The van der Waals surface area contributed by atoms with E-state index in [0.29, 0.717) is 27.9 Å². The number of halogens is 2. The van der Waals surface area contributed by atoms with E-state index in [9.17, 15) is 18.0 Å². The average Bonchev–Trinajstić information content (AvgIpc) is 3.03. The molecule has 3 aromatic carbocycles. The predicted octanol–water partition coefficient (Wildman–Crippen LogP) is 6.64. The smallest absolute Gasteiger partial charge is 0.243 e. The molecule has 11 heteroatoms. The van der Waals surface area contributed by atoms with Crippen molar-refractivity contribution in [3.8, 4) is 5.75 Å². The number of amides is 2. The molecule has 1 fully saturated rings. The molecule has 0 aliphatic heterocycles. The van der Waals surface area contributed by atoms with Gasteiger partial charge >= 0.3 is 0 Å². The standard InChI is InChI=1S/C34H41Cl2N3O5S/c1-44-32-17-10-9-16-30(32)39(45(2,42)43)21-11-18-33(40)38(24-26-19-20-28(35)29(36)22-26)31(23-25-12-5-3-6-13-25)34(41)37-27-14-7-4-8-15-27/h3,5-6,9-10,12-13,16-17,19-20,22,27,31H,4,7-8,11,14-15,18,21,23-24H2,1-2H3,(H,37,41)/t31-/m0/s1. The second-order valence-corrected chi connectivity index (χ2v) is 14.2. The lowest BCUT2D eigenvalue weighted by molar-refractivity contribution is -0.141. The van der Waals surface area contributed by atoms with Crippen LogP contribution in [0.5, 0.6) is 5.75 Å². The minimum atomic E-state index is -3.68. The third-order valence-electron chi connectivity index (χ3n) is 8.07. The number of ether oxygens (including phenoxy) is 1. The van der Waals surface area contributed by atoms with Crippen molar-refractivity contribution in [2.75, 3.05) is 24.2 Å². The van der Waals surface area contributed by atoms with Crippen LogP contribution in [0.1, 0.15) is 56.1 Å². The summed E-state index contributed by atoms with van der Waals surface area (Å²) in [5.41, 5.74) is 2.05. The number of nitrogens with one attached hydrogen (secondary N) is 1. The van der Waals surface area contributed by atoms with Crippen LogP contribution in [0.2, 0.25) is 10.0 Å². The second kappa shape index (κ2) is 16.3. The monoisotopic (exact) mass is 673 g/mol. The number of anilines is 1. The number of para-hydroxylation sites is 2. The topological polar surface area (TPSA) is 96.0 Å². The number of methoxy groups -OCH3 is 1. The maximum Gasteiger partial charge on any atom is 0.243 e. The van der Waals surface area contributed by atoms with E-state index in [1.165, 1.54) is 11.4 Å². The molecule has 8 nitrogen and oxygen atoms in total. The number of carbonyl (C=O) groups is 2. The van der Waals surface area contributed by atoms with Gasteiger partial charge in [0.15, 0.2) is 0 Å². The summed E-state index contributed by atoms with van der Waals surface area (Å²) in [6.07, 6.45) is 6.79. The zero-order chi connectivity index (χ0) is 32.4. The lowest BCUT2D eigenvalue weighted by Crippen LogP contribution is -2.53. The zero-order valence-electron chi connectivity index (χ0n) is 25.8. The molecule has 2 amide bonds. The molecule has 0 saturated heterocycles. The summed E-state index contributed by atoms with van der Waals surface area (Å²) in [6.45, 7) is 0.191. The number of sulfonamides is 1. The summed E-state index contributed by atoms with van der Waals surface area (Å²) in [6, 6.07) is 20.9. The van der Waals surface area contributed by atoms with Crippen LogP contribution in [0, 0.1) is 0 Å². The maximum atomic E-state index is 14.1. The van der Waals surface area contributed by atoms with Crippen LogP contribution >= 0.6 is 23.2 Å². The number of rotatable bonds is 14. The summed E-state index contributed by atoms with van der Waals surface area (Å²) in [5.74, 6) is -0.0574. The van der Waals surface area contributed by atoms with Crippen molar-refractivity contribution in [3.05, 3.63) is 94.0 Å². The van der Waals surface area contributed by atoms with Crippen LogP contribution in [0.3, 0.4) is 0 Å². The molecule has 1 aliphatic rings. The van der Waals surface area contributed by atoms with Gasteiger partial charge in [-0.1, -0.05) is 91.0 Å². The first kappa shape index (κ1) is 34.6. The maximum absolute atomic E-state index is 14.1. The average molecular weight is 675 g/mol. The van der Waals surface area contributed by atoms with Gasteiger partial charge in [0.25, 0.3) is 0 Å². The lowest BCUT2D eigenvalue weighted by atomic mass is 9.94. The van der Waals surface area contributed by atoms with Crippen molar-refractivity contribution in [1.29, 1.82) is 0 Å². The van der Waals surface area contributed by atoms with Gasteiger partial charge in [0, 0.05) is 32.0 Å². The van der Waals surface area contributed by atoms with Gasteiger partial charge in [-0.3, -0.25) is 13.9 Å². The van der Waals surface area contributed by atoms with Crippen LogP contribution in [0.4, 0.5) is 5.69 Å². The number of hydrogen-bond donors (Lipinski definition) is 1. The summed E-state index contributed by atoms with van der Waals surface area (Å²) in [5, 5.41) is 3.98. The number of nitrogens with zero attached hydrogens (tertiary/aromatic N) is 2. The van der Waals surface area contributed by atoms with E-state index in [2.05, 4.69) is 5.32 Å². The molecule has 0 aromatic heterocycles. The molecule has 1 N–H and O–H groups in total. The molecular weight excluding hydrogens is 633 g/mol. The van der Waals surface area contributed by atoms with E-state index < -0.39 is 16.1 Å². The molecule has 1 aliphatic carbocycles. The van der Waals surface area contributed by atoms with Crippen LogP contribution in [-0.4, -0.2) is 57.1 Å². The lowest BCUT2D eigenvalue weighted by Gasteiger charge is -2.34.